The lowest BCUT2D eigenvalue weighted by atomic mass is 10.1. The summed E-state index contributed by atoms with van der Waals surface area (Å²) in [5, 5.41) is 12.4. The van der Waals surface area contributed by atoms with Crippen molar-refractivity contribution in [2.24, 2.45) is 0 Å². The molecule has 1 aromatic heterocycles. The highest BCUT2D eigenvalue weighted by atomic mass is 32.2. The largest absolute Gasteiger partial charge is 0.495 e. The first-order valence-electron chi connectivity index (χ1n) is 10.2. The highest BCUT2D eigenvalue weighted by Gasteiger charge is 2.19. The number of anilines is 1. The van der Waals surface area contributed by atoms with Gasteiger partial charge in [0.05, 0.1) is 18.6 Å². The molecule has 0 aliphatic rings. The van der Waals surface area contributed by atoms with Gasteiger partial charge >= 0.3 is 0 Å². The van der Waals surface area contributed by atoms with E-state index < -0.39 is 0 Å². The highest BCUT2D eigenvalue weighted by molar-refractivity contribution is 7.99. The lowest BCUT2D eigenvalue weighted by Gasteiger charge is -2.14. The van der Waals surface area contributed by atoms with E-state index in [1.807, 2.05) is 91.2 Å². The lowest BCUT2D eigenvalue weighted by molar-refractivity contribution is -0.113. The number of nitrogens with zero attached hydrogens (tertiary/aromatic N) is 3. The zero-order valence-corrected chi connectivity index (χ0v) is 19.0. The summed E-state index contributed by atoms with van der Waals surface area (Å²) >= 11 is 1.33. The number of rotatable bonds is 7. The molecule has 3 aromatic carbocycles. The molecule has 0 radical (unpaired) electrons. The maximum Gasteiger partial charge on any atom is 0.234 e. The third-order valence-corrected chi connectivity index (χ3v) is 5.91. The van der Waals surface area contributed by atoms with Crippen LogP contribution in [0.5, 0.6) is 5.75 Å². The quantitative estimate of drug-likeness (QED) is 0.392. The second-order valence-corrected chi connectivity index (χ2v) is 8.28. The van der Waals surface area contributed by atoms with Gasteiger partial charge in [-0.05, 0) is 37.6 Å². The molecule has 4 aromatic rings. The number of carbonyl (C=O) groups excluding carboxylic acids is 1. The van der Waals surface area contributed by atoms with Crippen molar-refractivity contribution in [2.45, 2.75) is 19.0 Å². The fraction of sp³-hybridized carbons (Fsp3) is 0.160. The van der Waals surface area contributed by atoms with Crippen molar-refractivity contribution in [1.82, 2.24) is 14.8 Å². The molecule has 1 amide bonds. The average molecular weight is 445 g/mol. The molecule has 1 heterocycles. The number of ether oxygens (including phenoxy) is 1. The molecule has 0 fully saturated rings. The van der Waals surface area contributed by atoms with E-state index in [1.165, 1.54) is 11.8 Å². The van der Waals surface area contributed by atoms with Crippen LogP contribution < -0.4 is 10.1 Å². The molecule has 0 saturated heterocycles. The van der Waals surface area contributed by atoms with Gasteiger partial charge in [-0.25, -0.2) is 0 Å². The standard InChI is InChI=1S/C25H24N4O2S/c1-17-13-14-20(18(2)15-17)26-23(30)16-32-25-28-27-24(19-9-5-4-6-10-19)29(25)21-11-7-8-12-22(21)31-3/h4-15H,16H2,1-3H3,(H,26,30). The van der Waals surface area contributed by atoms with Crippen LogP contribution in [0.4, 0.5) is 5.69 Å². The minimum Gasteiger partial charge on any atom is -0.495 e. The van der Waals surface area contributed by atoms with Crippen molar-refractivity contribution in [2.75, 3.05) is 18.2 Å². The summed E-state index contributed by atoms with van der Waals surface area (Å²) in [6.45, 7) is 4.02. The number of aryl methyl sites for hydroxylation is 2. The number of para-hydroxylation sites is 2. The van der Waals surface area contributed by atoms with E-state index in [9.17, 15) is 4.79 Å². The molecule has 162 valence electrons. The molecule has 4 rings (SSSR count). The Balaban J connectivity index is 1.62. The van der Waals surface area contributed by atoms with E-state index >= 15 is 0 Å². The summed E-state index contributed by atoms with van der Waals surface area (Å²) < 4.78 is 7.51. The Hall–Kier alpha value is -3.58. The summed E-state index contributed by atoms with van der Waals surface area (Å²) in [7, 11) is 1.63. The van der Waals surface area contributed by atoms with E-state index in [2.05, 4.69) is 15.5 Å². The van der Waals surface area contributed by atoms with Gasteiger partial charge in [0.15, 0.2) is 11.0 Å². The summed E-state index contributed by atoms with van der Waals surface area (Å²) in [5.74, 6) is 1.49. The SMILES string of the molecule is COc1ccccc1-n1c(SCC(=O)Nc2ccc(C)cc2C)nnc1-c1ccccc1. The monoisotopic (exact) mass is 444 g/mol. The number of thioether (sulfide) groups is 1. The van der Waals surface area contributed by atoms with E-state index in [1.54, 1.807) is 7.11 Å². The van der Waals surface area contributed by atoms with Gasteiger partial charge in [0.1, 0.15) is 5.75 Å². The second kappa shape index (κ2) is 9.70. The zero-order chi connectivity index (χ0) is 22.5. The Kier molecular flexibility index (Phi) is 6.56. The van der Waals surface area contributed by atoms with E-state index in [4.69, 9.17) is 4.74 Å². The molecule has 0 aliphatic carbocycles. The first kappa shape index (κ1) is 21.6. The van der Waals surface area contributed by atoms with Crippen molar-refractivity contribution in [3.8, 4) is 22.8 Å². The minimum absolute atomic E-state index is 0.0993. The maximum atomic E-state index is 12.7. The molecule has 0 spiro atoms. The average Bonchev–Trinajstić information content (AvgIpc) is 3.24. The Labute approximate surface area is 191 Å². The van der Waals surface area contributed by atoms with Crippen molar-refractivity contribution in [3.63, 3.8) is 0 Å². The Morgan fingerprint density at radius 1 is 1.00 bits per heavy atom. The summed E-state index contributed by atoms with van der Waals surface area (Å²) in [5.41, 5.74) is 4.76. The Bertz CT molecular complexity index is 1240. The van der Waals surface area contributed by atoms with Crippen LogP contribution in [0.25, 0.3) is 17.1 Å². The van der Waals surface area contributed by atoms with Gasteiger partial charge in [-0.2, -0.15) is 0 Å². The van der Waals surface area contributed by atoms with Gasteiger partial charge < -0.3 is 10.1 Å². The lowest BCUT2D eigenvalue weighted by Crippen LogP contribution is -2.15. The van der Waals surface area contributed by atoms with Crippen molar-refractivity contribution >= 4 is 23.4 Å². The fourth-order valence-corrected chi connectivity index (χ4v) is 4.18. The van der Waals surface area contributed by atoms with E-state index in [-0.39, 0.29) is 11.7 Å². The summed E-state index contributed by atoms with van der Waals surface area (Å²) in [6.07, 6.45) is 0. The Morgan fingerprint density at radius 2 is 1.75 bits per heavy atom. The van der Waals surface area contributed by atoms with Gasteiger partial charge in [0.25, 0.3) is 0 Å². The van der Waals surface area contributed by atoms with Crippen molar-refractivity contribution in [1.29, 1.82) is 0 Å². The van der Waals surface area contributed by atoms with Gasteiger partial charge in [-0.15, -0.1) is 10.2 Å². The number of hydrogen-bond acceptors (Lipinski definition) is 5. The van der Waals surface area contributed by atoms with Gasteiger partial charge in [0, 0.05) is 11.3 Å². The molecule has 32 heavy (non-hydrogen) atoms. The van der Waals surface area contributed by atoms with Crippen LogP contribution in [0.3, 0.4) is 0 Å². The normalized spacial score (nSPS) is 10.7. The van der Waals surface area contributed by atoms with Crippen LogP contribution in [0.15, 0.2) is 78.0 Å². The second-order valence-electron chi connectivity index (χ2n) is 7.33. The minimum atomic E-state index is -0.0993. The number of benzene rings is 3. The van der Waals surface area contributed by atoms with Crippen LogP contribution in [0.1, 0.15) is 11.1 Å². The van der Waals surface area contributed by atoms with E-state index in [0.717, 1.165) is 28.1 Å². The molecule has 6 nitrogen and oxygen atoms in total. The molecular weight excluding hydrogens is 420 g/mol. The topological polar surface area (TPSA) is 69.0 Å². The number of carbonyl (C=O) groups is 1. The molecular formula is C25H24N4O2S. The van der Waals surface area contributed by atoms with Crippen LogP contribution in [0, 0.1) is 13.8 Å². The van der Waals surface area contributed by atoms with Gasteiger partial charge in [-0.3, -0.25) is 9.36 Å². The summed E-state index contributed by atoms with van der Waals surface area (Å²) in [6, 6.07) is 23.5. The predicted octanol–water partition coefficient (Wildman–Crippen LogP) is 5.29. The smallest absolute Gasteiger partial charge is 0.234 e. The molecule has 0 unspecified atom stereocenters. The first-order chi connectivity index (χ1) is 15.6. The number of aromatic nitrogens is 3. The molecule has 1 N–H and O–H groups in total. The van der Waals surface area contributed by atoms with Crippen molar-refractivity contribution < 1.29 is 9.53 Å². The highest BCUT2D eigenvalue weighted by Crippen LogP contribution is 2.32. The van der Waals surface area contributed by atoms with Gasteiger partial charge in [0.2, 0.25) is 5.91 Å². The number of methoxy groups -OCH3 is 1. The third kappa shape index (κ3) is 4.68. The Morgan fingerprint density at radius 3 is 2.50 bits per heavy atom. The van der Waals surface area contributed by atoms with Crippen LogP contribution in [0.2, 0.25) is 0 Å². The predicted molar refractivity (Wildman–Crippen MR) is 129 cm³/mol. The number of nitrogens with one attached hydrogen (secondary N) is 1. The van der Waals surface area contributed by atoms with Gasteiger partial charge in [-0.1, -0.05) is 71.9 Å². The zero-order valence-electron chi connectivity index (χ0n) is 18.2. The molecule has 0 saturated carbocycles. The number of amides is 1. The molecule has 0 aliphatic heterocycles. The van der Waals surface area contributed by atoms with Crippen molar-refractivity contribution in [3.05, 3.63) is 83.9 Å². The number of hydrogen-bond donors (Lipinski definition) is 1. The molecule has 0 bridgehead atoms. The van der Waals surface area contributed by atoms with Crippen LogP contribution in [-0.4, -0.2) is 33.5 Å². The van der Waals surface area contributed by atoms with Crippen LogP contribution >= 0.6 is 11.8 Å². The molecule has 7 heteroatoms. The van der Waals surface area contributed by atoms with E-state index in [0.29, 0.717) is 16.7 Å². The maximum absolute atomic E-state index is 12.7. The molecule has 0 atom stereocenters. The third-order valence-electron chi connectivity index (χ3n) is 4.98. The van der Waals surface area contributed by atoms with Crippen LogP contribution in [-0.2, 0) is 4.79 Å². The summed E-state index contributed by atoms with van der Waals surface area (Å²) in [4.78, 5) is 12.7. The first-order valence-corrected chi connectivity index (χ1v) is 11.2. The fourth-order valence-electron chi connectivity index (χ4n) is 3.44.